The number of rotatable bonds is 2. The Morgan fingerprint density at radius 1 is 1.62 bits per heavy atom. The Morgan fingerprint density at radius 2 is 2.31 bits per heavy atom. The van der Waals surface area contributed by atoms with Gasteiger partial charge in [0.1, 0.15) is 6.07 Å². The molecule has 0 N–H and O–H groups in total. The summed E-state index contributed by atoms with van der Waals surface area (Å²) < 4.78 is 28.1. The Kier molecular flexibility index (Phi) is 3.14. The van der Waals surface area contributed by atoms with Crippen LogP contribution in [0, 0.1) is 11.3 Å². The average molecular weight is 249 g/mol. The lowest BCUT2D eigenvalue weighted by Gasteiger charge is -2.04. The number of pyridine rings is 1. The van der Waals surface area contributed by atoms with Gasteiger partial charge in [-0.3, -0.25) is 0 Å². The van der Waals surface area contributed by atoms with Crippen LogP contribution in [0.15, 0.2) is 16.7 Å². The van der Waals surface area contributed by atoms with E-state index in [1.165, 1.54) is 12.3 Å². The molecule has 0 saturated heterocycles. The molecule has 0 aliphatic rings. The average Bonchev–Trinajstić information content (AvgIpc) is 2.03. The molecule has 0 unspecified atom stereocenters. The van der Waals surface area contributed by atoms with Crippen LogP contribution in [-0.4, -0.2) is 11.6 Å². The first-order chi connectivity index (χ1) is 6.13. The molecule has 13 heavy (non-hydrogen) atoms. The number of halogens is 3. The molecule has 0 aliphatic heterocycles. The van der Waals surface area contributed by atoms with Gasteiger partial charge in [0.15, 0.2) is 11.4 Å². The summed E-state index contributed by atoms with van der Waals surface area (Å²) in [7, 11) is 0. The Morgan fingerprint density at radius 3 is 2.85 bits per heavy atom. The van der Waals surface area contributed by atoms with Crippen LogP contribution in [-0.2, 0) is 0 Å². The van der Waals surface area contributed by atoms with Gasteiger partial charge < -0.3 is 4.74 Å². The largest absolute Gasteiger partial charge is 0.432 e. The third-order valence-corrected chi connectivity index (χ3v) is 1.57. The zero-order valence-corrected chi connectivity index (χ0v) is 7.75. The highest BCUT2D eigenvalue weighted by Gasteiger charge is 2.10. The predicted octanol–water partition coefficient (Wildman–Crippen LogP) is 2.32. The Bertz CT molecular complexity index is 351. The van der Waals surface area contributed by atoms with Gasteiger partial charge in [-0.05, 0) is 22.0 Å². The van der Waals surface area contributed by atoms with E-state index in [0.717, 1.165) is 0 Å². The zero-order valence-electron chi connectivity index (χ0n) is 6.17. The highest BCUT2D eigenvalue weighted by molar-refractivity contribution is 9.10. The van der Waals surface area contributed by atoms with Gasteiger partial charge in [-0.2, -0.15) is 14.0 Å². The number of hydrogen-bond donors (Lipinski definition) is 0. The molecule has 0 spiro atoms. The molecule has 1 rings (SSSR count). The first-order valence-electron chi connectivity index (χ1n) is 3.14. The summed E-state index contributed by atoms with van der Waals surface area (Å²) in [6.45, 7) is -2.96. The minimum atomic E-state index is -2.96. The molecule has 0 aliphatic carbocycles. The van der Waals surface area contributed by atoms with Crippen LogP contribution in [0.5, 0.6) is 5.75 Å². The summed E-state index contributed by atoms with van der Waals surface area (Å²) in [5.41, 5.74) is -0.163. The van der Waals surface area contributed by atoms with Gasteiger partial charge in [0, 0.05) is 10.7 Å². The molecule has 1 aromatic heterocycles. The normalized spacial score (nSPS) is 9.77. The van der Waals surface area contributed by atoms with Crippen molar-refractivity contribution in [2.45, 2.75) is 6.61 Å². The Hall–Kier alpha value is -1.22. The van der Waals surface area contributed by atoms with E-state index in [9.17, 15) is 8.78 Å². The Labute approximate surface area is 81.1 Å². The van der Waals surface area contributed by atoms with Crippen molar-refractivity contribution in [1.29, 1.82) is 5.26 Å². The van der Waals surface area contributed by atoms with Crippen molar-refractivity contribution in [2.24, 2.45) is 0 Å². The molecule has 1 aromatic rings. The van der Waals surface area contributed by atoms with Crippen molar-refractivity contribution in [3.8, 4) is 11.8 Å². The maximum atomic E-state index is 11.8. The molecular formula is C7H3BrF2N2O. The van der Waals surface area contributed by atoms with Crippen LogP contribution in [0.25, 0.3) is 0 Å². The summed E-state index contributed by atoms with van der Waals surface area (Å²) >= 11 is 3.02. The van der Waals surface area contributed by atoms with E-state index in [-0.39, 0.29) is 11.4 Å². The number of ether oxygens (including phenoxy) is 1. The van der Waals surface area contributed by atoms with E-state index >= 15 is 0 Å². The summed E-state index contributed by atoms with van der Waals surface area (Å²) in [6.07, 6.45) is 1.33. The van der Waals surface area contributed by atoms with Gasteiger partial charge in [0.05, 0.1) is 0 Å². The van der Waals surface area contributed by atoms with Crippen LogP contribution < -0.4 is 4.74 Å². The van der Waals surface area contributed by atoms with Crippen molar-refractivity contribution < 1.29 is 13.5 Å². The highest BCUT2D eigenvalue weighted by atomic mass is 79.9. The second kappa shape index (κ2) is 4.14. The number of nitrogens with zero attached hydrogens (tertiary/aromatic N) is 2. The molecule has 0 bridgehead atoms. The first kappa shape index (κ1) is 9.86. The van der Waals surface area contributed by atoms with Crippen molar-refractivity contribution in [1.82, 2.24) is 4.98 Å². The fraction of sp³-hybridized carbons (Fsp3) is 0.143. The number of nitriles is 1. The molecule has 6 heteroatoms. The molecule has 3 nitrogen and oxygen atoms in total. The van der Waals surface area contributed by atoms with E-state index in [1.807, 2.05) is 0 Å². The fourth-order valence-corrected chi connectivity index (χ4v) is 1.00. The Balaban J connectivity index is 3.03. The van der Waals surface area contributed by atoms with Gasteiger partial charge >= 0.3 is 6.61 Å². The van der Waals surface area contributed by atoms with Crippen molar-refractivity contribution in [3.63, 3.8) is 0 Å². The van der Waals surface area contributed by atoms with E-state index in [0.29, 0.717) is 4.47 Å². The first-order valence-corrected chi connectivity index (χ1v) is 3.93. The molecule has 0 atom stereocenters. The van der Waals surface area contributed by atoms with Crippen molar-refractivity contribution in [2.75, 3.05) is 0 Å². The molecular weight excluding hydrogens is 246 g/mol. The molecule has 1 heterocycles. The number of hydrogen-bond acceptors (Lipinski definition) is 3. The van der Waals surface area contributed by atoms with Crippen molar-refractivity contribution in [3.05, 3.63) is 22.4 Å². The van der Waals surface area contributed by atoms with E-state index in [2.05, 4.69) is 25.7 Å². The second-order valence-corrected chi connectivity index (χ2v) is 2.91. The maximum Gasteiger partial charge on any atom is 0.387 e. The van der Waals surface area contributed by atoms with Crippen LogP contribution in [0.3, 0.4) is 0 Å². The lowest BCUT2D eigenvalue weighted by Crippen LogP contribution is -2.04. The van der Waals surface area contributed by atoms with E-state index < -0.39 is 6.61 Å². The smallest absolute Gasteiger partial charge is 0.387 e. The quantitative estimate of drug-likeness (QED) is 0.807. The van der Waals surface area contributed by atoms with Crippen molar-refractivity contribution >= 4 is 15.9 Å². The summed E-state index contributed by atoms with van der Waals surface area (Å²) in [4.78, 5) is 3.58. The summed E-state index contributed by atoms with van der Waals surface area (Å²) in [5.74, 6) is -0.230. The summed E-state index contributed by atoms with van der Waals surface area (Å²) in [6, 6.07) is 2.90. The molecule has 0 fully saturated rings. The van der Waals surface area contributed by atoms with Crippen LogP contribution >= 0.6 is 15.9 Å². The second-order valence-electron chi connectivity index (χ2n) is 1.99. The zero-order chi connectivity index (χ0) is 9.84. The van der Waals surface area contributed by atoms with Gasteiger partial charge in [-0.15, -0.1) is 0 Å². The van der Waals surface area contributed by atoms with Gasteiger partial charge in [0.2, 0.25) is 0 Å². The minimum Gasteiger partial charge on any atom is -0.432 e. The van der Waals surface area contributed by atoms with Gasteiger partial charge in [0.25, 0.3) is 0 Å². The lowest BCUT2D eigenvalue weighted by molar-refractivity contribution is -0.0503. The monoisotopic (exact) mass is 248 g/mol. The van der Waals surface area contributed by atoms with E-state index in [4.69, 9.17) is 5.26 Å². The van der Waals surface area contributed by atoms with Crippen LogP contribution in [0.4, 0.5) is 8.78 Å². The highest BCUT2D eigenvalue weighted by Crippen LogP contribution is 2.22. The van der Waals surface area contributed by atoms with E-state index in [1.54, 1.807) is 6.07 Å². The SMILES string of the molecule is N#Cc1ncc(Br)cc1OC(F)F. The van der Waals surface area contributed by atoms with Crippen LogP contribution in [0.2, 0.25) is 0 Å². The molecule has 0 radical (unpaired) electrons. The summed E-state index contributed by atoms with van der Waals surface area (Å²) in [5, 5.41) is 8.47. The number of alkyl halides is 2. The van der Waals surface area contributed by atoms with Gasteiger partial charge in [-0.25, -0.2) is 4.98 Å². The third-order valence-electron chi connectivity index (χ3n) is 1.14. The minimum absolute atomic E-state index is 0.163. The fourth-order valence-electron chi connectivity index (χ4n) is 0.690. The molecule has 0 amide bonds. The molecule has 0 aromatic carbocycles. The lowest BCUT2D eigenvalue weighted by atomic mass is 10.3. The third kappa shape index (κ3) is 2.63. The molecule has 0 saturated carbocycles. The maximum absolute atomic E-state index is 11.8. The topological polar surface area (TPSA) is 45.9 Å². The number of aromatic nitrogens is 1. The van der Waals surface area contributed by atoms with Crippen LogP contribution in [0.1, 0.15) is 5.69 Å². The molecule has 68 valence electrons. The standard InChI is InChI=1S/C7H3BrF2N2O/c8-4-1-6(13-7(9)10)5(2-11)12-3-4/h1,3,7H. The van der Waals surface area contributed by atoms with Gasteiger partial charge in [-0.1, -0.05) is 0 Å². The predicted molar refractivity (Wildman–Crippen MR) is 43.3 cm³/mol.